The van der Waals surface area contributed by atoms with E-state index in [1.165, 1.54) is 6.26 Å². The van der Waals surface area contributed by atoms with E-state index in [-0.39, 0.29) is 0 Å². The second-order valence-corrected chi connectivity index (χ2v) is 6.87. The van der Waals surface area contributed by atoms with Gasteiger partial charge >= 0.3 is 0 Å². The van der Waals surface area contributed by atoms with Crippen LogP contribution in [0.15, 0.2) is 12.3 Å². The first-order valence-corrected chi connectivity index (χ1v) is 6.55. The van der Waals surface area contributed by atoms with Gasteiger partial charge in [0, 0.05) is 25.9 Å². The minimum Gasteiger partial charge on any atom is -0.369 e. The fourth-order valence-electron chi connectivity index (χ4n) is 0.982. The van der Waals surface area contributed by atoms with E-state index in [2.05, 4.69) is 10.4 Å². The molecule has 0 aromatic carbocycles. The third-order valence-corrected chi connectivity index (χ3v) is 4.67. The average molecular weight is 231 g/mol. The zero-order valence-electron chi connectivity index (χ0n) is 9.48. The first-order valence-electron chi connectivity index (χ1n) is 4.65. The van der Waals surface area contributed by atoms with Gasteiger partial charge in [0.25, 0.3) is 0 Å². The van der Waals surface area contributed by atoms with E-state index >= 15 is 0 Å². The van der Waals surface area contributed by atoms with Gasteiger partial charge in [-0.25, -0.2) is 8.42 Å². The molecule has 1 aromatic heterocycles. The smallest absolute Gasteiger partial charge is 0.154 e. The van der Waals surface area contributed by atoms with Crippen molar-refractivity contribution in [1.29, 1.82) is 0 Å². The van der Waals surface area contributed by atoms with Crippen molar-refractivity contribution >= 4 is 15.7 Å². The zero-order valence-corrected chi connectivity index (χ0v) is 10.3. The normalized spacial score (nSPS) is 12.8. The van der Waals surface area contributed by atoms with E-state index in [1.807, 2.05) is 0 Å². The Bertz CT molecular complexity index is 434. The van der Waals surface area contributed by atoms with Gasteiger partial charge in [-0.3, -0.25) is 4.68 Å². The highest BCUT2D eigenvalue weighted by Gasteiger charge is 2.29. The number of aromatic nitrogens is 2. The van der Waals surface area contributed by atoms with Crippen LogP contribution in [-0.2, 0) is 16.9 Å². The molecule has 86 valence electrons. The molecule has 5 nitrogen and oxygen atoms in total. The second-order valence-electron chi connectivity index (χ2n) is 4.23. The molecule has 0 aliphatic carbocycles. The maximum atomic E-state index is 11.4. The highest BCUT2D eigenvalue weighted by atomic mass is 32.2. The van der Waals surface area contributed by atoms with Crippen LogP contribution in [-0.4, -0.2) is 35.7 Å². The molecule has 0 spiro atoms. The molecule has 0 radical (unpaired) electrons. The van der Waals surface area contributed by atoms with Crippen LogP contribution < -0.4 is 5.32 Å². The second kappa shape index (κ2) is 3.84. The van der Waals surface area contributed by atoms with Crippen LogP contribution in [0.2, 0.25) is 0 Å². The van der Waals surface area contributed by atoms with Crippen molar-refractivity contribution in [2.24, 2.45) is 7.05 Å². The molecule has 1 heterocycles. The number of hydrogen-bond acceptors (Lipinski definition) is 4. The van der Waals surface area contributed by atoms with E-state index in [0.29, 0.717) is 6.54 Å². The maximum absolute atomic E-state index is 11.4. The minimum absolute atomic E-state index is 0.366. The van der Waals surface area contributed by atoms with Crippen molar-refractivity contribution in [1.82, 2.24) is 9.78 Å². The summed E-state index contributed by atoms with van der Waals surface area (Å²) in [5, 5.41) is 7.05. The summed E-state index contributed by atoms with van der Waals surface area (Å²) in [6.45, 7) is 3.77. The van der Waals surface area contributed by atoms with E-state index in [9.17, 15) is 8.42 Å². The summed E-state index contributed by atoms with van der Waals surface area (Å²) < 4.78 is 23.8. The number of rotatable bonds is 4. The van der Waals surface area contributed by atoms with Gasteiger partial charge in [-0.2, -0.15) is 5.10 Å². The lowest BCUT2D eigenvalue weighted by molar-refractivity contribution is 0.559. The number of nitrogens with zero attached hydrogens (tertiary/aromatic N) is 2. The van der Waals surface area contributed by atoms with E-state index in [1.54, 1.807) is 37.8 Å². The summed E-state index contributed by atoms with van der Waals surface area (Å²) in [7, 11) is -1.26. The first-order chi connectivity index (χ1) is 6.74. The molecule has 0 saturated heterocycles. The fraction of sp³-hybridized carbons (Fsp3) is 0.667. The van der Waals surface area contributed by atoms with Crippen molar-refractivity contribution < 1.29 is 8.42 Å². The van der Waals surface area contributed by atoms with Gasteiger partial charge in [-0.05, 0) is 13.8 Å². The number of nitrogens with one attached hydrogen (secondary N) is 1. The molecule has 0 atom stereocenters. The maximum Gasteiger partial charge on any atom is 0.154 e. The Morgan fingerprint density at radius 2 is 2.13 bits per heavy atom. The molecule has 1 aromatic rings. The van der Waals surface area contributed by atoms with Crippen LogP contribution in [0.25, 0.3) is 0 Å². The van der Waals surface area contributed by atoms with Crippen LogP contribution in [0, 0.1) is 0 Å². The molecule has 0 amide bonds. The summed E-state index contributed by atoms with van der Waals surface area (Å²) in [6.07, 6.45) is 2.91. The summed E-state index contributed by atoms with van der Waals surface area (Å²) >= 11 is 0. The molecule has 1 rings (SSSR count). The van der Waals surface area contributed by atoms with Crippen LogP contribution in [0.1, 0.15) is 13.8 Å². The van der Waals surface area contributed by atoms with E-state index in [4.69, 9.17) is 0 Å². The Balaban J connectivity index is 2.70. The molecule has 1 N–H and O–H groups in total. The molecule has 0 aliphatic rings. The topological polar surface area (TPSA) is 64.0 Å². The molecular formula is C9H17N3O2S. The van der Waals surface area contributed by atoms with Crippen LogP contribution >= 0.6 is 0 Å². The number of aryl methyl sites for hydroxylation is 1. The third kappa shape index (κ3) is 2.71. The average Bonchev–Trinajstić information content (AvgIpc) is 2.46. The Morgan fingerprint density at radius 1 is 1.53 bits per heavy atom. The SMILES string of the molecule is Cn1nccc1NCC(C)(C)S(C)(=O)=O. The zero-order chi connectivity index (χ0) is 11.7. The highest BCUT2D eigenvalue weighted by molar-refractivity contribution is 7.92. The summed E-state index contributed by atoms with van der Waals surface area (Å²) in [5.74, 6) is 0.812. The van der Waals surface area contributed by atoms with Crippen LogP contribution in [0.5, 0.6) is 0 Å². The van der Waals surface area contributed by atoms with Crippen molar-refractivity contribution in [3.63, 3.8) is 0 Å². The van der Waals surface area contributed by atoms with Crippen molar-refractivity contribution in [2.75, 3.05) is 18.1 Å². The quantitative estimate of drug-likeness (QED) is 0.826. The van der Waals surface area contributed by atoms with Gasteiger partial charge in [0.1, 0.15) is 5.82 Å². The number of sulfone groups is 1. The van der Waals surface area contributed by atoms with Crippen molar-refractivity contribution in [3.8, 4) is 0 Å². The monoisotopic (exact) mass is 231 g/mol. The summed E-state index contributed by atoms with van der Waals surface area (Å²) in [4.78, 5) is 0. The summed E-state index contributed by atoms with van der Waals surface area (Å²) in [6, 6.07) is 1.80. The van der Waals surface area contributed by atoms with E-state index < -0.39 is 14.6 Å². The van der Waals surface area contributed by atoms with Gasteiger partial charge in [-0.1, -0.05) is 0 Å². The molecule has 15 heavy (non-hydrogen) atoms. The molecule has 0 fully saturated rings. The Hall–Kier alpha value is -1.04. The number of anilines is 1. The molecule has 6 heteroatoms. The Morgan fingerprint density at radius 3 is 2.53 bits per heavy atom. The fourth-order valence-corrected chi connectivity index (χ4v) is 1.32. The van der Waals surface area contributed by atoms with Gasteiger partial charge in [-0.15, -0.1) is 0 Å². The molecule has 0 unspecified atom stereocenters. The Labute approximate surface area is 90.4 Å². The first kappa shape index (κ1) is 12.0. The highest BCUT2D eigenvalue weighted by Crippen LogP contribution is 2.16. The minimum atomic E-state index is -3.06. The molecule has 0 saturated carbocycles. The molecule has 0 aliphatic heterocycles. The van der Waals surface area contributed by atoms with Crippen LogP contribution in [0.4, 0.5) is 5.82 Å². The third-order valence-electron chi connectivity index (χ3n) is 2.52. The lowest BCUT2D eigenvalue weighted by Gasteiger charge is -2.23. The molecular weight excluding hydrogens is 214 g/mol. The predicted molar refractivity (Wildman–Crippen MR) is 60.6 cm³/mol. The van der Waals surface area contributed by atoms with Gasteiger partial charge in [0.2, 0.25) is 0 Å². The van der Waals surface area contributed by atoms with Crippen LogP contribution in [0.3, 0.4) is 0 Å². The molecule has 0 bridgehead atoms. The van der Waals surface area contributed by atoms with Gasteiger partial charge in [0.15, 0.2) is 9.84 Å². The lowest BCUT2D eigenvalue weighted by atomic mass is 10.2. The Kier molecular flexibility index (Phi) is 3.08. The van der Waals surface area contributed by atoms with Crippen molar-refractivity contribution in [2.45, 2.75) is 18.6 Å². The number of hydrogen-bond donors (Lipinski definition) is 1. The largest absolute Gasteiger partial charge is 0.369 e. The predicted octanol–water partition coefficient (Wildman–Crippen LogP) is 0.655. The van der Waals surface area contributed by atoms with Crippen molar-refractivity contribution in [3.05, 3.63) is 12.3 Å². The lowest BCUT2D eigenvalue weighted by Crippen LogP contribution is -2.38. The summed E-state index contributed by atoms with van der Waals surface area (Å²) in [5.41, 5.74) is 0. The van der Waals surface area contributed by atoms with Gasteiger partial charge in [0.05, 0.1) is 10.9 Å². The van der Waals surface area contributed by atoms with E-state index in [0.717, 1.165) is 5.82 Å². The standard InChI is InChI=1S/C9H17N3O2S/c1-9(2,15(4,13)14)7-10-8-5-6-11-12(8)3/h5-6,10H,7H2,1-4H3. The van der Waals surface area contributed by atoms with Gasteiger partial charge < -0.3 is 5.32 Å².